The second-order valence-corrected chi connectivity index (χ2v) is 7.07. The molecule has 0 bridgehead atoms. The molecule has 2 nitrogen and oxygen atoms in total. The van der Waals surface area contributed by atoms with Gasteiger partial charge in [0.2, 0.25) is 0 Å². The Bertz CT molecular complexity index is 431. The van der Waals surface area contributed by atoms with Gasteiger partial charge in [-0.05, 0) is 43.0 Å². The maximum absolute atomic E-state index is 3.59. The first-order chi connectivity index (χ1) is 8.97. The van der Waals surface area contributed by atoms with Crippen molar-refractivity contribution >= 4 is 21.6 Å². The van der Waals surface area contributed by atoms with Crippen LogP contribution in [-0.2, 0) is 6.54 Å². The van der Waals surface area contributed by atoms with E-state index >= 15 is 0 Å². The van der Waals surface area contributed by atoms with Crippen LogP contribution in [-0.4, -0.2) is 18.6 Å². The lowest BCUT2D eigenvalue weighted by atomic mass is 10.1. The minimum Gasteiger partial charge on any atom is -0.368 e. The average molecular weight is 325 g/mol. The standard InChI is InChI=1S/C16H25BrN2/c1-11(2)18-9-14-8-15(17)5-6-16(14)19-10-12(3)7-13(19)4/h5-6,8,11-13,18H,7,9-10H2,1-4H3. The largest absolute Gasteiger partial charge is 0.368 e. The predicted octanol–water partition coefficient (Wildman–Crippen LogP) is 4.18. The molecule has 1 aliphatic rings. The fourth-order valence-electron chi connectivity index (χ4n) is 2.93. The first-order valence-corrected chi connectivity index (χ1v) is 8.05. The second-order valence-electron chi connectivity index (χ2n) is 6.15. The summed E-state index contributed by atoms with van der Waals surface area (Å²) in [5.41, 5.74) is 2.79. The van der Waals surface area contributed by atoms with E-state index in [0.29, 0.717) is 12.1 Å². The number of hydrogen-bond donors (Lipinski definition) is 1. The first-order valence-electron chi connectivity index (χ1n) is 7.25. The Morgan fingerprint density at radius 3 is 2.68 bits per heavy atom. The van der Waals surface area contributed by atoms with E-state index in [1.54, 1.807) is 0 Å². The van der Waals surface area contributed by atoms with Crippen LogP contribution in [0.5, 0.6) is 0 Å². The molecule has 0 saturated carbocycles. The Morgan fingerprint density at radius 1 is 1.37 bits per heavy atom. The molecule has 0 spiro atoms. The van der Waals surface area contributed by atoms with Crippen molar-refractivity contribution in [2.45, 2.75) is 52.7 Å². The molecule has 106 valence electrons. The Hall–Kier alpha value is -0.540. The van der Waals surface area contributed by atoms with Crippen LogP contribution in [0.1, 0.15) is 39.7 Å². The topological polar surface area (TPSA) is 15.3 Å². The number of hydrogen-bond acceptors (Lipinski definition) is 2. The summed E-state index contributed by atoms with van der Waals surface area (Å²) in [4.78, 5) is 2.56. The summed E-state index contributed by atoms with van der Waals surface area (Å²) in [5, 5.41) is 3.53. The third-order valence-electron chi connectivity index (χ3n) is 3.84. The molecule has 2 atom stereocenters. The Kier molecular flexibility index (Phi) is 4.91. The fraction of sp³-hybridized carbons (Fsp3) is 0.625. The van der Waals surface area contributed by atoms with E-state index < -0.39 is 0 Å². The minimum absolute atomic E-state index is 0.516. The highest BCUT2D eigenvalue weighted by Gasteiger charge is 2.27. The van der Waals surface area contributed by atoms with Crippen molar-refractivity contribution in [3.05, 3.63) is 28.2 Å². The summed E-state index contributed by atoms with van der Waals surface area (Å²) in [6.45, 7) is 11.2. The highest BCUT2D eigenvalue weighted by atomic mass is 79.9. The Labute approximate surface area is 125 Å². The van der Waals surface area contributed by atoms with E-state index in [1.165, 1.54) is 24.2 Å². The molecule has 1 saturated heterocycles. The zero-order valence-electron chi connectivity index (χ0n) is 12.4. The van der Waals surface area contributed by atoms with Gasteiger partial charge in [-0.25, -0.2) is 0 Å². The van der Waals surface area contributed by atoms with Gasteiger partial charge in [-0.1, -0.05) is 36.7 Å². The van der Waals surface area contributed by atoms with Gasteiger partial charge in [0.15, 0.2) is 0 Å². The molecule has 1 fully saturated rings. The maximum atomic E-state index is 3.59. The van der Waals surface area contributed by atoms with Gasteiger partial charge in [0.25, 0.3) is 0 Å². The summed E-state index contributed by atoms with van der Waals surface area (Å²) in [7, 11) is 0. The minimum atomic E-state index is 0.516. The normalized spacial score (nSPS) is 23.4. The molecule has 0 aliphatic carbocycles. The van der Waals surface area contributed by atoms with E-state index in [4.69, 9.17) is 0 Å². The van der Waals surface area contributed by atoms with Crippen LogP contribution in [0.25, 0.3) is 0 Å². The van der Waals surface area contributed by atoms with E-state index in [-0.39, 0.29) is 0 Å². The Balaban J connectivity index is 2.23. The fourth-order valence-corrected chi connectivity index (χ4v) is 3.33. The smallest absolute Gasteiger partial charge is 0.0415 e. The Morgan fingerprint density at radius 2 is 2.11 bits per heavy atom. The quantitative estimate of drug-likeness (QED) is 0.893. The summed E-state index contributed by atoms with van der Waals surface area (Å²) in [5.74, 6) is 0.796. The van der Waals surface area contributed by atoms with Gasteiger partial charge in [-0.2, -0.15) is 0 Å². The van der Waals surface area contributed by atoms with Gasteiger partial charge >= 0.3 is 0 Å². The van der Waals surface area contributed by atoms with Gasteiger partial charge in [-0.3, -0.25) is 0 Å². The molecule has 2 unspecified atom stereocenters. The third kappa shape index (κ3) is 3.73. The van der Waals surface area contributed by atoms with Gasteiger partial charge in [-0.15, -0.1) is 0 Å². The highest BCUT2D eigenvalue weighted by molar-refractivity contribution is 9.10. The van der Waals surface area contributed by atoms with E-state index in [2.05, 4.69) is 72.0 Å². The van der Waals surface area contributed by atoms with Crippen molar-refractivity contribution in [3.8, 4) is 0 Å². The number of benzene rings is 1. The van der Waals surface area contributed by atoms with Crippen molar-refractivity contribution in [3.63, 3.8) is 0 Å². The number of nitrogens with one attached hydrogen (secondary N) is 1. The van der Waals surface area contributed by atoms with Crippen LogP contribution in [0.3, 0.4) is 0 Å². The molecule has 19 heavy (non-hydrogen) atoms. The zero-order chi connectivity index (χ0) is 14.0. The van der Waals surface area contributed by atoms with Crippen LogP contribution in [0.2, 0.25) is 0 Å². The van der Waals surface area contributed by atoms with E-state index in [9.17, 15) is 0 Å². The summed E-state index contributed by atoms with van der Waals surface area (Å²) in [6.07, 6.45) is 1.30. The van der Waals surface area contributed by atoms with Crippen LogP contribution >= 0.6 is 15.9 Å². The molecular weight excluding hydrogens is 300 g/mol. The van der Waals surface area contributed by atoms with Crippen LogP contribution in [0.4, 0.5) is 5.69 Å². The van der Waals surface area contributed by atoms with Crippen molar-refractivity contribution in [1.29, 1.82) is 0 Å². The monoisotopic (exact) mass is 324 g/mol. The molecule has 0 aromatic heterocycles. The molecule has 0 radical (unpaired) electrons. The number of nitrogens with zero attached hydrogens (tertiary/aromatic N) is 1. The van der Waals surface area contributed by atoms with Gasteiger partial charge in [0.05, 0.1) is 0 Å². The predicted molar refractivity (Wildman–Crippen MR) is 86.7 cm³/mol. The molecule has 1 aromatic carbocycles. The lowest BCUT2D eigenvalue weighted by molar-refractivity contribution is 0.587. The zero-order valence-corrected chi connectivity index (χ0v) is 14.0. The van der Waals surface area contributed by atoms with Crippen molar-refractivity contribution in [2.24, 2.45) is 5.92 Å². The van der Waals surface area contributed by atoms with Crippen molar-refractivity contribution in [1.82, 2.24) is 5.32 Å². The average Bonchev–Trinajstić information content (AvgIpc) is 2.66. The third-order valence-corrected chi connectivity index (χ3v) is 4.33. The number of halogens is 1. The molecule has 1 aliphatic heterocycles. The van der Waals surface area contributed by atoms with E-state index in [0.717, 1.165) is 16.9 Å². The second kappa shape index (κ2) is 6.27. The number of anilines is 1. The van der Waals surface area contributed by atoms with E-state index in [1.807, 2.05) is 0 Å². The van der Waals surface area contributed by atoms with Crippen LogP contribution < -0.4 is 10.2 Å². The molecule has 1 heterocycles. The molecule has 2 rings (SSSR count). The van der Waals surface area contributed by atoms with Gasteiger partial charge in [0, 0.05) is 35.3 Å². The van der Waals surface area contributed by atoms with Crippen molar-refractivity contribution < 1.29 is 0 Å². The molecule has 0 amide bonds. The molecule has 3 heteroatoms. The SMILES string of the molecule is CC1CC(C)N(c2ccc(Br)cc2CNC(C)C)C1. The van der Waals surface area contributed by atoms with Crippen molar-refractivity contribution in [2.75, 3.05) is 11.4 Å². The molecule has 1 N–H and O–H groups in total. The lowest BCUT2D eigenvalue weighted by Gasteiger charge is -2.27. The maximum Gasteiger partial charge on any atom is 0.0415 e. The van der Waals surface area contributed by atoms with Crippen LogP contribution in [0.15, 0.2) is 22.7 Å². The first kappa shape index (κ1) is 14.9. The van der Waals surface area contributed by atoms with Gasteiger partial charge < -0.3 is 10.2 Å². The summed E-state index contributed by atoms with van der Waals surface area (Å²) in [6, 6.07) is 7.83. The molecular formula is C16H25BrN2. The summed E-state index contributed by atoms with van der Waals surface area (Å²) >= 11 is 3.59. The number of rotatable bonds is 4. The van der Waals surface area contributed by atoms with Crippen LogP contribution in [0, 0.1) is 5.92 Å². The van der Waals surface area contributed by atoms with Gasteiger partial charge in [0.1, 0.15) is 0 Å². The summed E-state index contributed by atoms with van der Waals surface area (Å²) < 4.78 is 1.16. The lowest BCUT2D eigenvalue weighted by Crippen LogP contribution is -2.29. The molecule has 1 aromatic rings. The highest BCUT2D eigenvalue weighted by Crippen LogP contribution is 2.32.